The molecule has 3 rings (SSSR count). The lowest BCUT2D eigenvalue weighted by Crippen LogP contribution is -2.56. The highest BCUT2D eigenvalue weighted by Crippen LogP contribution is 2.39. The van der Waals surface area contributed by atoms with Crippen LogP contribution >= 0.6 is 11.6 Å². The number of aliphatic imine (C=N–C) groups is 1. The summed E-state index contributed by atoms with van der Waals surface area (Å²) in [6, 6.07) is 3.38. The predicted molar refractivity (Wildman–Crippen MR) is 110 cm³/mol. The molecule has 0 amide bonds. The number of halogens is 4. The molecule has 0 saturated heterocycles. The van der Waals surface area contributed by atoms with Crippen LogP contribution in [0.4, 0.5) is 13.2 Å². The predicted octanol–water partition coefficient (Wildman–Crippen LogP) is 3.47. The Morgan fingerprint density at radius 3 is 2.57 bits per heavy atom. The summed E-state index contributed by atoms with van der Waals surface area (Å²) in [5.74, 6) is -2.79. The lowest BCUT2D eigenvalue weighted by Gasteiger charge is -2.38. The fourth-order valence-corrected chi connectivity index (χ4v) is 4.72. The highest BCUT2D eigenvalue weighted by Gasteiger charge is 2.51. The maximum atomic E-state index is 14.6. The summed E-state index contributed by atoms with van der Waals surface area (Å²) >= 11 is 5.62. The first-order chi connectivity index (χ1) is 13.9. The Hall–Kier alpha value is -2.46. The van der Waals surface area contributed by atoms with Crippen LogP contribution < -0.4 is 5.73 Å². The standard InChI is InChI=1S/C19H18ClF3N4O2S/c1-18(2)17(24)27-19(9-21,10-30(18,28)29)12-5-11(3-4-13(12)22)6-14(23)15-7-26-16(20)8-25-15/h3-8H,9-10H2,1-2H3,(H2,24,27)/b14-6-/t19-/m0/s1. The first-order valence-electron chi connectivity index (χ1n) is 8.71. The second kappa shape index (κ2) is 7.66. The zero-order valence-corrected chi connectivity index (χ0v) is 17.6. The van der Waals surface area contributed by atoms with Crippen LogP contribution in [0.25, 0.3) is 11.9 Å². The van der Waals surface area contributed by atoms with Crippen molar-refractivity contribution in [3.8, 4) is 0 Å². The first-order valence-corrected chi connectivity index (χ1v) is 10.7. The molecule has 0 bridgehead atoms. The third-order valence-corrected chi connectivity index (χ3v) is 7.85. The van der Waals surface area contributed by atoms with Crippen molar-refractivity contribution in [3.05, 3.63) is 58.4 Å². The largest absolute Gasteiger partial charge is 0.386 e. The van der Waals surface area contributed by atoms with Gasteiger partial charge in [0.25, 0.3) is 0 Å². The molecule has 6 nitrogen and oxygen atoms in total. The highest BCUT2D eigenvalue weighted by molar-refractivity contribution is 7.93. The second-order valence-electron chi connectivity index (χ2n) is 7.39. The average molecular weight is 459 g/mol. The van der Waals surface area contributed by atoms with Crippen molar-refractivity contribution in [3.63, 3.8) is 0 Å². The van der Waals surface area contributed by atoms with Crippen LogP contribution in [-0.4, -0.2) is 41.4 Å². The van der Waals surface area contributed by atoms with E-state index in [0.29, 0.717) is 0 Å². The quantitative estimate of drug-likeness (QED) is 0.756. The van der Waals surface area contributed by atoms with Crippen molar-refractivity contribution in [2.45, 2.75) is 24.1 Å². The van der Waals surface area contributed by atoms with Gasteiger partial charge in [0.15, 0.2) is 15.7 Å². The third-order valence-electron chi connectivity index (χ3n) is 5.03. The van der Waals surface area contributed by atoms with Gasteiger partial charge < -0.3 is 5.73 Å². The number of rotatable bonds is 4. The summed E-state index contributed by atoms with van der Waals surface area (Å²) in [4.78, 5) is 11.6. The van der Waals surface area contributed by atoms with Gasteiger partial charge in [-0.2, -0.15) is 0 Å². The summed E-state index contributed by atoms with van der Waals surface area (Å²) < 4.78 is 67.2. The van der Waals surface area contributed by atoms with E-state index in [2.05, 4.69) is 15.0 Å². The normalized spacial score (nSPS) is 23.1. The van der Waals surface area contributed by atoms with Crippen LogP contribution in [0.15, 0.2) is 35.6 Å². The lowest BCUT2D eigenvalue weighted by atomic mass is 9.90. The van der Waals surface area contributed by atoms with Gasteiger partial charge in [-0.3, -0.25) is 4.99 Å². The number of hydrogen-bond donors (Lipinski definition) is 1. The van der Waals surface area contributed by atoms with Gasteiger partial charge in [-0.05, 0) is 37.6 Å². The van der Waals surface area contributed by atoms with Gasteiger partial charge in [0.05, 0.1) is 18.1 Å². The van der Waals surface area contributed by atoms with Crippen molar-refractivity contribution >= 4 is 39.2 Å². The van der Waals surface area contributed by atoms with Gasteiger partial charge in [0.2, 0.25) is 0 Å². The molecule has 2 aromatic rings. The summed E-state index contributed by atoms with van der Waals surface area (Å²) in [5, 5.41) is 0.0809. The molecule has 0 saturated carbocycles. The van der Waals surface area contributed by atoms with Gasteiger partial charge in [-0.25, -0.2) is 31.6 Å². The number of amidine groups is 1. The third kappa shape index (κ3) is 3.81. The maximum absolute atomic E-state index is 14.6. The van der Waals surface area contributed by atoms with Crippen LogP contribution in [0.1, 0.15) is 30.7 Å². The molecule has 0 aliphatic carbocycles. The van der Waals surface area contributed by atoms with E-state index in [0.717, 1.165) is 30.6 Å². The van der Waals surface area contributed by atoms with Gasteiger partial charge in [0.1, 0.15) is 39.5 Å². The number of benzene rings is 1. The average Bonchev–Trinajstić information content (AvgIpc) is 2.68. The molecule has 1 aliphatic rings. The topological polar surface area (TPSA) is 98.3 Å². The van der Waals surface area contributed by atoms with Crippen LogP contribution in [0.5, 0.6) is 0 Å². The number of aromatic nitrogens is 2. The minimum absolute atomic E-state index is 0.0809. The minimum atomic E-state index is -3.96. The van der Waals surface area contributed by atoms with E-state index >= 15 is 0 Å². The minimum Gasteiger partial charge on any atom is -0.386 e. The van der Waals surface area contributed by atoms with Gasteiger partial charge >= 0.3 is 0 Å². The fraction of sp³-hybridized carbons (Fsp3) is 0.316. The van der Waals surface area contributed by atoms with Gasteiger partial charge in [0, 0.05) is 5.56 Å². The Bertz CT molecular complexity index is 1150. The molecule has 2 N–H and O–H groups in total. The summed E-state index contributed by atoms with van der Waals surface area (Å²) in [6.07, 6.45) is 3.30. The zero-order valence-electron chi connectivity index (χ0n) is 16.0. The van der Waals surface area contributed by atoms with E-state index in [4.69, 9.17) is 17.3 Å². The Balaban J connectivity index is 2.12. The van der Waals surface area contributed by atoms with E-state index in [-0.39, 0.29) is 27.8 Å². The van der Waals surface area contributed by atoms with Gasteiger partial charge in [-0.15, -0.1) is 0 Å². The van der Waals surface area contributed by atoms with E-state index in [1.54, 1.807) is 0 Å². The second-order valence-corrected chi connectivity index (χ2v) is 10.3. The van der Waals surface area contributed by atoms with Crippen molar-refractivity contribution in [2.75, 3.05) is 12.4 Å². The monoisotopic (exact) mass is 458 g/mol. The Morgan fingerprint density at radius 1 is 1.30 bits per heavy atom. The summed E-state index contributed by atoms with van der Waals surface area (Å²) in [5.41, 5.74) is 3.44. The van der Waals surface area contributed by atoms with E-state index in [9.17, 15) is 21.6 Å². The zero-order chi connectivity index (χ0) is 22.3. The van der Waals surface area contributed by atoms with E-state index < -0.39 is 44.2 Å². The van der Waals surface area contributed by atoms with Crippen molar-refractivity contribution in [1.29, 1.82) is 0 Å². The number of nitrogens with two attached hydrogens (primary N) is 1. The fourth-order valence-electron chi connectivity index (χ4n) is 2.98. The lowest BCUT2D eigenvalue weighted by molar-refractivity contribution is 0.323. The SMILES string of the molecule is CC1(C)C(N)=N[C@](CF)(c2cc(/C=C(\F)c3cnc(Cl)cn3)ccc2F)CS1(=O)=O. The van der Waals surface area contributed by atoms with Crippen LogP contribution in [-0.2, 0) is 15.4 Å². The molecular weight excluding hydrogens is 441 g/mol. The number of alkyl halides is 1. The molecule has 1 aromatic carbocycles. The molecular formula is C19H18ClF3N4O2S. The molecule has 0 radical (unpaired) electrons. The molecule has 160 valence electrons. The van der Waals surface area contributed by atoms with Crippen LogP contribution in [0, 0.1) is 5.82 Å². The number of nitrogens with zero attached hydrogens (tertiary/aromatic N) is 3. The molecule has 11 heteroatoms. The van der Waals surface area contributed by atoms with Crippen molar-refractivity contribution < 1.29 is 21.6 Å². The van der Waals surface area contributed by atoms with E-state index in [1.165, 1.54) is 19.9 Å². The summed E-state index contributed by atoms with van der Waals surface area (Å²) in [7, 11) is -3.96. The molecule has 1 aromatic heterocycles. The molecule has 0 fully saturated rings. The molecule has 0 unspecified atom stereocenters. The van der Waals surface area contributed by atoms with Crippen LogP contribution in [0.3, 0.4) is 0 Å². The molecule has 30 heavy (non-hydrogen) atoms. The molecule has 1 aliphatic heterocycles. The molecule has 1 atom stereocenters. The molecule has 0 spiro atoms. The highest BCUT2D eigenvalue weighted by atomic mass is 35.5. The Kier molecular flexibility index (Phi) is 5.68. The Labute approximate surface area is 176 Å². The number of sulfone groups is 1. The van der Waals surface area contributed by atoms with Crippen LogP contribution in [0.2, 0.25) is 5.15 Å². The smallest absolute Gasteiger partial charge is 0.165 e. The van der Waals surface area contributed by atoms with E-state index in [1.807, 2.05) is 0 Å². The Morgan fingerprint density at radius 2 is 2.00 bits per heavy atom. The van der Waals surface area contributed by atoms with Gasteiger partial charge in [-0.1, -0.05) is 17.7 Å². The number of hydrogen-bond acceptors (Lipinski definition) is 6. The first kappa shape index (κ1) is 22.2. The van der Waals surface area contributed by atoms with Crippen molar-refractivity contribution in [2.24, 2.45) is 10.7 Å². The maximum Gasteiger partial charge on any atom is 0.165 e. The summed E-state index contributed by atoms with van der Waals surface area (Å²) in [6.45, 7) is 1.39. The molecule has 2 heterocycles. The van der Waals surface area contributed by atoms with Crippen molar-refractivity contribution in [1.82, 2.24) is 9.97 Å².